The largest absolute Gasteiger partial charge is 0.454 e. The van der Waals surface area contributed by atoms with Gasteiger partial charge < -0.3 is 25.2 Å². The fourth-order valence-electron chi connectivity index (χ4n) is 3.61. The normalized spacial score (nSPS) is 18.1. The summed E-state index contributed by atoms with van der Waals surface area (Å²) in [4.78, 5) is 38.4. The molecule has 0 radical (unpaired) electrons. The molecule has 0 saturated carbocycles. The number of nitrogens with zero attached hydrogens (tertiary/aromatic N) is 1. The van der Waals surface area contributed by atoms with Crippen LogP contribution < -0.4 is 20.1 Å². The van der Waals surface area contributed by atoms with Gasteiger partial charge in [0.1, 0.15) is 6.04 Å². The second-order valence-electron chi connectivity index (χ2n) is 7.37. The van der Waals surface area contributed by atoms with Crippen molar-refractivity contribution in [2.75, 3.05) is 13.4 Å². The van der Waals surface area contributed by atoms with Gasteiger partial charge in [0.15, 0.2) is 11.5 Å². The van der Waals surface area contributed by atoms with Crippen molar-refractivity contribution in [2.45, 2.75) is 31.5 Å². The number of benzene rings is 2. The molecule has 1 saturated heterocycles. The minimum atomic E-state index is -0.767. The molecule has 162 valence electrons. The first-order chi connectivity index (χ1) is 15.0. The van der Waals surface area contributed by atoms with Crippen LogP contribution in [0, 0.1) is 0 Å². The zero-order valence-electron chi connectivity index (χ0n) is 16.7. The van der Waals surface area contributed by atoms with Crippen LogP contribution in [0.3, 0.4) is 0 Å². The van der Waals surface area contributed by atoms with Gasteiger partial charge in [0.25, 0.3) is 5.91 Å². The Morgan fingerprint density at radius 1 is 1.16 bits per heavy atom. The number of amides is 4. The maximum absolute atomic E-state index is 12.7. The van der Waals surface area contributed by atoms with Gasteiger partial charge in [0.05, 0.1) is 19.2 Å². The predicted octanol–water partition coefficient (Wildman–Crippen LogP) is 1.47. The maximum Gasteiger partial charge on any atom is 0.325 e. The highest BCUT2D eigenvalue weighted by atomic mass is 16.7. The number of ether oxygens (including phenoxy) is 2. The highest BCUT2D eigenvalue weighted by Gasteiger charge is 2.38. The smallest absolute Gasteiger partial charge is 0.325 e. The molecule has 1 fully saturated rings. The summed E-state index contributed by atoms with van der Waals surface area (Å²) in [6.07, 6.45) is 0.207. The fraction of sp³-hybridized carbons (Fsp3) is 0.318. The van der Waals surface area contributed by atoms with E-state index in [1.165, 1.54) is 0 Å². The molecule has 2 aliphatic heterocycles. The van der Waals surface area contributed by atoms with E-state index in [1.807, 2.05) is 30.3 Å². The maximum atomic E-state index is 12.7. The molecule has 2 heterocycles. The van der Waals surface area contributed by atoms with E-state index in [1.54, 1.807) is 18.2 Å². The molecule has 2 aliphatic rings. The van der Waals surface area contributed by atoms with E-state index in [2.05, 4.69) is 10.6 Å². The van der Waals surface area contributed by atoms with Crippen molar-refractivity contribution in [1.82, 2.24) is 15.5 Å². The minimum absolute atomic E-state index is 0.0396. The van der Waals surface area contributed by atoms with E-state index in [9.17, 15) is 19.5 Å². The number of rotatable bonds is 8. The Morgan fingerprint density at radius 3 is 2.71 bits per heavy atom. The third-order valence-corrected chi connectivity index (χ3v) is 5.26. The zero-order chi connectivity index (χ0) is 21.8. The van der Waals surface area contributed by atoms with Crippen LogP contribution in [0.5, 0.6) is 11.5 Å². The third-order valence-electron chi connectivity index (χ3n) is 5.26. The lowest BCUT2D eigenvalue weighted by molar-refractivity contribution is -0.128. The summed E-state index contributed by atoms with van der Waals surface area (Å²) in [6.45, 7) is 0.0101. The number of nitrogens with one attached hydrogen (secondary N) is 2. The topological polar surface area (TPSA) is 117 Å². The van der Waals surface area contributed by atoms with Crippen molar-refractivity contribution in [3.63, 3.8) is 0 Å². The molecule has 0 aliphatic carbocycles. The van der Waals surface area contributed by atoms with Crippen molar-refractivity contribution in [3.05, 3.63) is 59.7 Å². The Labute approximate surface area is 178 Å². The van der Waals surface area contributed by atoms with Crippen LogP contribution in [0.2, 0.25) is 0 Å². The van der Waals surface area contributed by atoms with E-state index < -0.39 is 18.1 Å². The molecule has 2 aromatic carbocycles. The Hall–Kier alpha value is -3.59. The van der Waals surface area contributed by atoms with Gasteiger partial charge in [-0.1, -0.05) is 36.4 Å². The highest BCUT2D eigenvalue weighted by molar-refractivity contribution is 6.04. The molecule has 2 aromatic rings. The van der Waals surface area contributed by atoms with E-state index in [0.29, 0.717) is 11.5 Å². The first-order valence-corrected chi connectivity index (χ1v) is 10.0. The van der Waals surface area contributed by atoms with Crippen LogP contribution in [0.4, 0.5) is 4.79 Å². The highest BCUT2D eigenvalue weighted by Crippen LogP contribution is 2.33. The number of carbonyl (C=O) groups excluding carboxylic acids is 3. The minimum Gasteiger partial charge on any atom is -0.454 e. The molecular formula is C22H23N3O6. The lowest BCUT2D eigenvalue weighted by Gasteiger charge is -2.17. The Kier molecular flexibility index (Phi) is 6.03. The van der Waals surface area contributed by atoms with Crippen molar-refractivity contribution in [1.29, 1.82) is 0 Å². The lowest BCUT2D eigenvalue weighted by atomic mass is 10.1. The summed E-state index contributed by atoms with van der Waals surface area (Å²) < 4.78 is 10.6. The molecule has 4 rings (SSSR count). The first-order valence-electron chi connectivity index (χ1n) is 10.0. The van der Waals surface area contributed by atoms with E-state index >= 15 is 0 Å². The van der Waals surface area contributed by atoms with Gasteiger partial charge in [0.2, 0.25) is 12.7 Å². The summed E-state index contributed by atoms with van der Waals surface area (Å²) in [6, 6.07) is 12.6. The molecule has 0 spiro atoms. The van der Waals surface area contributed by atoms with E-state index in [-0.39, 0.29) is 44.6 Å². The van der Waals surface area contributed by atoms with Crippen LogP contribution in [-0.2, 0) is 16.1 Å². The van der Waals surface area contributed by atoms with Crippen LogP contribution in [0.25, 0.3) is 0 Å². The molecular weight excluding hydrogens is 402 g/mol. The van der Waals surface area contributed by atoms with E-state index in [0.717, 1.165) is 16.0 Å². The third kappa shape index (κ3) is 4.61. The number of urea groups is 1. The number of imide groups is 1. The number of carbonyl (C=O) groups is 3. The SMILES string of the molecule is O=C(CCC1NC(=O)N(Cc2ccc3c(c2)OCO3)C1=O)NC(CO)c1ccccc1. The van der Waals surface area contributed by atoms with Gasteiger partial charge in [-0.05, 0) is 29.7 Å². The van der Waals surface area contributed by atoms with Crippen LogP contribution in [0.15, 0.2) is 48.5 Å². The van der Waals surface area contributed by atoms with Gasteiger partial charge in [-0.3, -0.25) is 14.5 Å². The summed E-state index contributed by atoms with van der Waals surface area (Å²) in [5.41, 5.74) is 1.53. The van der Waals surface area contributed by atoms with Crippen LogP contribution in [0.1, 0.15) is 30.0 Å². The second-order valence-corrected chi connectivity index (χ2v) is 7.37. The first kappa shape index (κ1) is 20.7. The van der Waals surface area contributed by atoms with Crippen molar-refractivity contribution in [2.24, 2.45) is 0 Å². The standard InChI is InChI=1S/C22H23N3O6/c26-12-17(15-4-2-1-3-5-15)23-20(27)9-7-16-21(28)25(22(29)24-16)11-14-6-8-18-19(10-14)31-13-30-18/h1-6,8,10,16-17,26H,7,9,11-13H2,(H,23,27)(H,24,29). The number of hydrogen-bond acceptors (Lipinski definition) is 6. The molecule has 2 unspecified atom stereocenters. The molecule has 9 nitrogen and oxygen atoms in total. The van der Waals surface area contributed by atoms with Crippen molar-refractivity contribution >= 4 is 17.8 Å². The Balaban J connectivity index is 1.31. The predicted molar refractivity (Wildman–Crippen MR) is 109 cm³/mol. The Morgan fingerprint density at radius 2 is 1.94 bits per heavy atom. The van der Waals surface area contributed by atoms with Crippen LogP contribution in [-0.4, -0.2) is 47.3 Å². The number of fused-ring (bicyclic) bond motifs is 1. The average Bonchev–Trinajstić information content (AvgIpc) is 3.36. The van der Waals surface area contributed by atoms with Crippen molar-refractivity contribution in [3.8, 4) is 11.5 Å². The van der Waals surface area contributed by atoms with E-state index in [4.69, 9.17) is 9.47 Å². The molecule has 4 amide bonds. The summed E-state index contributed by atoms with van der Waals surface area (Å²) in [5, 5.41) is 15.0. The number of aliphatic hydroxyl groups is 1. The van der Waals surface area contributed by atoms with Crippen LogP contribution >= 0.6 is 0 Å². The fourth-order valence-corrected chi connectivity index (χ4v) is 3.61. The summed E-state index contributed by atoms with van der Waals surface area (Å²) in [7, 11) is 0. The van der Waals surface area contributed by atoms with Crippen molar-refractivity contribution < 1.29 is 29.0 Å². The molecule has 0 bridgehead atoms. The number of aliphatic hydroxyl groups excluding tert-OH is 1. The van der Waals surface area contributed by atoms with Gasteiger partial charge >= 0.3 is 6.03 Å². The summed E-state index contributed by atoms with van der Waals surface area (Å²) >= 11 is 0. The molecule has 3 N–H and O–H groups in total. The van der Waals surface area contributed by atoms with Gasteiger partial charge in [-0.15, -0.1) is 0 Å². The Bertz CT molecular complexity index is 980. The summed E-state index contributed by atoms with van der Waals surface area (Å²) in [5.74, 6) is 0.521. The van der Waals surface area contributed by atoms with Gasteiger partial charge in [0, 0.05) is 6.42 Å². The van der Waals surface area contributed by atoms with Gasteiger partial charge in [-0.25, -0.2) is 4.79 Å². The monoisotopic (exact) mass is 425 g/mol. The molecule has 9 heteroatoms. The zero-order valence-corrected chi connectivity index (χ0v) is 16.7. The van der Waals surface area contributed by atoms with Gasteiger partial charge in [-0.2, -0.15) is 0 Å². The second kappa shape index (κ2) is 9.05. The quantitative estimate of drug-likeness (QED) is 0.552. The lowest BCUT2D eigenvalue weighted by Crippen LogP contribution is -2.34. The average molecular weight is 425 g/mol. The molecule has 2 atom stereocenters. The molecule has 0 aromatic heterocycles. The number of hydrogen-bond donors (Lipinski definition) is 3. The molecule has 31 heavy (non-hydrogen) atoms.